The lowest BCUT2D eigenvalue weighted by Gasteiger charge is -2.38. The van der Waals surface area contributed by atoms with E-state index in [9.17, 15) is 0 Å². The van der Waals surface area contributed by atoms with E-state index in [0.717, 1.165) is 19.4 Å². The molecule has 1 rings (SSSR count). The fourth-order valence-electron chi connectivity index (χ4n) is 2.45. The average molecular weight is 249 g/mol. The number of aromatic nitrogens is 1. The van der Waals surface area contributed by atoms with E-state index >= 15 is 0 Å². The zero-order valence-corrected chi connectivity index (χ0v) is 12.1. The highest BCUT2D eigenvalue weighted by Crippen LogP contribution is 2.26. The van der Waals surface area contributed by atoms with Crippen molar-refractivity contribution in [3.63, 3.8) is 0 Å². The molecule has 0 aliphatic rings. The van der Waals surface area contributed by atoms with Crippen molar-refractivity contribution in [1.29, 1.82) is 0 Å². The van der Waals surface area contributed by atoms with Gasteiger partial charge in [-0.25, -0.2) is 0 Å². The molecule has 3 nitrogen and oxygen atoms in total. The second-order valence-electron chi connectivity index (χ2n) is 5.13. The molecule has 0 amide bonds. The Labute approximate surface area is 111 Å². The lowest BCUT2D eigenvalue weighted by molar-refractivity contribution is 0.130. The van der Waals surface area contributed by atoms with Gasteiger partial charge in [-0.05, 0) is 50.9 Å². The third-order valence-electron chi connectivity index (χ3n) is 3.43. The Hall–Kier alpha value is -0.930. The number of hydrogen-bond acceptors (Lipinski definition) is 3. The number of pyridine rings is 1. The van der Waals surface area contributed by atoms with Gasteiger partial charge in [0.1, 0.15) is 0 Å². The monoisotopic (exact) mass is 249 g/mol. The van der Waals surface area contributed by atoms with Crippen molar-refractivity contribution < 1.29 is 0 Å². The molecule has 2 N–H and O–H groups in total. The summed E-state index contributed by atoms with van der Waals surface area (Å²) in [6, 6.07) is 5.14. The molecule has 0 bridgehead atoms. The van der Waals surface area contributed by atoms with Crippen molar-refractivity contribution in [2.45, 2.75) is 58.7 Å². The highest BCUT2D eigenvalue weighted by atomic mass is 15.2. The number of rotatable bonds is 7. The molecule has 2 unspecified atom stereocenters. The molecule has 0 saturated heterocycles. The van der Waals surface area contributed by atoms with Crippen LogP contribution in [0.4, 0.5) is 0 Å². The lowest BCUT2D eigenvalue weighted by atomic mass is 9.95. The predicted molar refractivity (Wildman–Crippen MR) is 77.4 cm³/mol. The maximum absolute atomic E-state index is 6.36. The van der Waals surface area contributed by atoms with E-state index in [-0.39, 0.29) is 12.1 Å². The van der Waals surface area contributed by atoms with E-state index in [2.05, 4.69) is 49.7 Å². The molecule has 0 aliphatic heterocycles. The van der Waals surface area contributed by atoms with Gasteiger partial charge in [-0.15, -0.1) is 0 Å². The van der Waals surface area contributed by atoms with Crippen LogP contribution in [0.1, 0.15) is 52.1 Å². The standard InChI is InChI=1S/C15H27N3/c1-5-11-18(12(3)4)15(14(16)6-2)13-7-9-17-10-8-13/h7-10,12,14-15H,5-6,11,16H2,1-4H3. The van der Waals surface area contributed by atoms with Crippen LogP contribution in [0.2, 0.25) is 0 Å². The molecular formula is C15H27N3. The second kappa shape index (κ2) is 7.49. The molecule has 0 saturated carbocycles. The fourth-order valence-corrected chi connectivity index (χ4v) is 2.45. The summed E-state index contributed by atoms with van der Waals surface area (Å²) in [6.45, 7) is 9.94. The Balaban J connectivity index is 3.03. The summed E-state index contributed by atoms with van der Waals surface area (Å²) < 4.78 is 0. The maximum atomic E-state index is 6.36. The first-order valence-electron chi connectivity index (χ1n) is 7.03. The zero-order chi connectivity index (χ0) is 13.5. The Bertz CT molecular complexity index is 324. The van der Waals surface area contributed by atoms with E-state index in [1.54, 1.807) is 0 Å². The third kappa shape index (κ3) is 3.79. The normalized spacial score (nSPS) is 15.1. The smallest absolute Gasteiger partial charge is 0.0502 e. The van der Waals surface area contributed by atoms with Gasteiger partial charge in [0, 0.05) is 24.5 Å². The molecule has 1 heterocycles. The summed E-state index contributed by atoms with van der Waals surface area (Å²) in [5, 5.41) is 0. The van der Waals surface area contributed by atoms with Crippen LogP contribution in [-0.4, -0.2) is 28.5 Å². The molecule has 0 spiro atoms. The van der Waals surface area contributed by atoms with Crippen molar-refractivity contribution >= 4 is 0 Å². The molecule has 102 valence electrons. The molecule has 2 atom stereocenters. The van der Waals surface area contributed by atoms with Gasteiger partial charge in [-0.3, -0.25) is 9.88 Å². The van der Waals surface area contributed by atoms with Gasteiger partial charge in [-0.2, -0.15) is 0 Å². The first-order chi connectivity index (χ1) is 8.61. The number of nitrogens with two attached hydrogens (primary N) is 1. The van der Waals surface area contributed by atoms with Gasteiger partial charge >= 0.3 is 0 Å². The highest BCUT2D eigenvalue weighted by molar-refractivity contribution is 5.17. The van der Waals surface area contributed by atoms with Crippen molar-refractivity contribution in [2.75, 3.05) is 6.54 Å². The van der Waals surface area contributed by atoms with Crippen LogP contribution in [0.15, 0.2) is 24.5 Å². The molecule has 0 aromatic carbocycles. The number of nitrogens with zero attached hydrogens (tertiary/aromatic N) is 2. The predicted octanol–water partition coefficient (Wildman–Crippen LogP) is 2.98. The molecule has 1 aromatic heterocycles. The first-order valence-corrected chi connectivity index (χ1v) is 7.03. The summed E-state index contributed by atoms with van der Waals surface area (Å²) in [5.74, 6) is 0. The van der Waals surface area contributed by atoms with E-state index in [1.807, 2.05) is 12.4 Å². The zero-order valence-electron chi connectivity index (χ0n) is 12.1. The van der Waals surface area contributed by atoms with Gasteiger partial charge in [-0.1, -0.05) is 13.8 Å². The topological polar surface area (TPSA) is 42.2 Å². The van der Waals surface area contributed by atoms with Gasteiger partial charge in [0.25, 0.3) is 0 Å². The summed E-state index contributed by atoms with van der Waals surface area (Å²) in [7, 11) is 0. The van der Waals surface area contributed by atoms with E-state index < -0.39 is 0 Å². The van der Waals surface area contributed by atoms with Crippen LogP contribution in [0, 0.1) is 0 Å². The van der Waals surface area contributed by atoms with E-state index in [4.69, 9.17) is 5.73 Å². The molecule has 1 aromatic rings. The van der Waals surface area contributed by atoms with Crippen LogP contribution in [-0.2, 0) is 0 Å². The van der Waals surface area contributed by atoms with Gasteiger partial charge in [0.15, 0.2) is 0 Å². The largest absolute Gasteiger partial charge is 0.326 e. The van der Waals surface area contributed by atoms with Crippen LogP contribution in [0.3, 0.4) is 0 Å². The minimum Gasteiger partial charge on any atom is -0.326 e. The van der Waals surface area contributed by atoms with E-state index in [0.29, 0.717) is 6.04 Å². The maximum Gasteiger partial charge on any atom is 0.0502 e. The molecule has 0 radical (unpaired) electrons. The summed E-state index contributed by atoms with van der Waals surface area (Å²) in [5.41, 5.74) is 7.64. The van der Waals surface area contributed by atoms with Crippen molar-refractivity contribution in [3.8, 4) is 0 Å². The SMILES string of the molecule is CCCN(C(C)C)C(c1ccncc1)C(N)CC. The Morgan fingerprint density at radius 1 is 1.22 bits per heavy atom. The first kappa shape index (κ1) is 15.1. The van der Waals surface area contributed by atoms with Gasteiger partial charge in [0.2, 0.25) is 0 Å². The summed E-state index contributed by atoms with van der Waals surface area (Å²) in [6.07, 6.45) is 5.85. The molecule has 18 heavy (non-hydrogen) atoms. The van der Waals surface area contributed by atoms with Crippen molar-refractivity contribution in [2.24, 2.45) is 5.73 Å². The second-order valence-corrected chi connectivity index (χ2v) is 5.13. The van der Waals surface area contributed by atoms with Crippen LogP contribution < -0.4 is 5.73 Å². The summed E-state index contributed by atoms with van der Waals surface area (Å²) >= 11 is 0. The average Bonchev–Trinajstić information content (AvgIpc) is 2.39. The molecule has 0 fully saturated rings. The number of hydrogen-bond donors (Lipinski definition) is 1. The van der Waals surface area contributed by atoms with Crippen molar-refractivity contribution in [1.82, 2.24) is 9.88 Å². The Morgan fingerprint density at radius 3 is 2.28 bits per heavy atom. The quantitative estimate of drug-likeness (QED) is 0.808. The fraction of sp³-hybridized carbons (Fsp3) is 0.667. The lowest BCUT2D eigenvalue weighted by Crippen LogP contribution is -2.44. The van der Waals surface area contributed by atoms with Crippen LogP contribution in [0.5, 0.6) is 0 Å². The van der Waals surface area contributed by atoms with Gasteiger partial charge in [0.05, 0.1) is 6.04 Å². The minimum atomic E-state index is 0.168. The van der Waals surface area contributed by atoms with Gasteiger partial charge < -0.3 is 5.73 Å². The minimum absolute atomic E-state index is 0.168. The summed E-state index contributed by atoms with van der Waals surface area (Å²) in [4.78, 5) is 6.61. The third-order valence-corrected chi connectivity index (χ3v) is 3.43. The molecule has 3 heteroatoms. The molecular weight excluding hydrogens is 222 g/mol. The van der Waals surface area contributed by atoms with Crippen LogP contribution in [0.25, 0.3) is 0 Å². The Morgan fingerprint density at radius 2 is 1.83 bits per heavy atom. The highest BCUT2D eigenvalue weighted by Gasteiger charge is 2.26. The van der Waals surface area contributed by atoms with Crippen LogP contribution >= 0.6 is 0 Å². The molecule has 0 aliphatic carbocycles. The van der Waals surface area contributed by atoms with Crippen molar-refractivity contribution in [3.05, 3.63) is 30.1 Å². The Kier molecular flexibility index (Phi) is 6.30. The van der Waals surface area contributed by atoms with E-state index in [1.165, 1.54) is 5.56 Å².